The molecule has 0 unspecified atom stereocenters. The van der Waals surface area contributed by atoms with Crippen LogP contribution in [-0.2, 0) is 6.54 Å². The maximum absolute atomic E-state index is 10.7. The smallest absolute Gasteiger partial charge is 0.269 e. The number of nitro benzene ring substituents is 1. The van der Waals surface area contributed by atoms with Gasteiger partial charge in [0.15, 0.2) is 5.17 Å². The molecule has 1 fully saturated rings. The van der Waals surface area contributed by atoms with Crippen LogP contribution in [0.25, 0.3) is 0 Å². The zero-order valence-electron chi connectivity index (χ0n) is 11.8. The van der Waals surface area contributed by atoms with E-state index >= 15 is 0 Å². The normalized spacial score (nSPS) is 16.2. The first-order valence-corrected chi connectivity index (χ1v) is 7.81. The summed E-state index contributed by atoms with van der Waals surface area (Å²) in [5.74, 6) is 0.992. The van der Waals surface area contributed by atoms with E-state index in [0.29, 0.717) is 0 Å². The van der Waals surface area contributed by atoms with Crippen LogP contribution < -0.4 is 0 Å². The predicted octanol–water partition coefficient (Wildman–Crippen LogP) is 3.23. The van der Waals surface area contributed by atoms with E-state index in [4.69, 9.17) is 0 Å². The number of benzene rings is 1. The summed E-state index contributed by atoms with van der Waals surface area (Å²) in [6, 6.07) is 10.3. The largest absolute Gasteiger partial charge is 0.346 e. The Labute approximate surface area is 132 Å². The van der Waals surface area contributed by atoms with Gasteiger partial charge in [-0.05, 0) is 23.8 Å². The van der Waals surface area contributed by atoms with Crippen molar-refractivity contribution in [2.45, 2.75) is 6.54 Å². The first-order chi connectivity index (χ1) is 10.7. The van der Waals surface area contributed by atoms with Crippen LogP contribution in [0.5, 0.6) is 0 Å². The van der Waals surface area contributed by atoms with Crippen LogP contribution in [0.1, 0.15) is 5.56 Å². The van der Waals surface area contributed by atoms with Crippen molar-refractivity contribution >= 4 is 28.3 Å². The van der Waals surface area contributed by atoms with Crippen molar-refractivity contribution in [1.29, 1.82) is 0 Å². The van der Waals surface area contributed by atoms with Gasteiger partial charge in [-0.3, -0.25) is 15.1 Å². The van der Waals surface area contributed by atoms with Gasteiger partial charge in [0, 0.05) is 43.4 Å². The van der Waals surface area contributed by atoms with Crippen molar-refractivity contribution in [2.24, 2.45) is 4.99 Å². The summed E-state index contributed by atoms with van der Waals surface area (Å²) in [6.07, 6.45) is 3.61. The molecule has 0 N–H and O–H groups in total. The van der Waals surface area contributed by atoms with E-state index in [1.54, 1.807) is 30.1 Å². The minimum Gasteiger partial charge on any atom is -0.346 e. The molecule has 0 aliphatic carbocycles. The van der Waals surface area contributed by atoms with E-state index in [9.17, 15) is 10.1 Å². The van der Waals surface area contributed by atoms with Gasteiger partial charge in [0.1, 0.15) is 0 Å². The molecule has 2 heterocycles. The molecule has 3 rings (SSSR count). The van der Waals surface area contributed by atoms with Crippen molar-refractivity contribution in [3.05, 3.63) is 64.5 Å². The van der Waals surface area contributed by atoms with Crippen LogP contribution in [-0.4, -0.2) is 32.3 Å². The minimum absolute atomic E-state index is 0.0789. The average molecular weight is 314 g/mol. The highest BCUT2D eigenvalue weighted by atomic mass is 32.2. The van der Waals surface area contributed by atoms with Gasteiger partial charge in [0.05, 0.1) is 10.6 Å². The van der Waals surface area contributed by atoms with Crippen molar-refractivity contribution in [3.63, 3.8) is 0 Å². The summed E-state index contributed by atoms with van der Waals surface area (Å²) in [4.78, 5) is 21.2. The number of amidine groups is 1. The second kappa shape index (κ2) is 6.57. The maximum Gasteiger partial charge on any atom is 0.269 e. The van der Waals surface area contributed by atoms with Crippen LogP contribution in [0.4, 0.5) is 11.4 Å². The molecule has 1 aliphatic heterocycles. The van der Waals surface area contributed by atoms with E-state index in [-0.39, 0.29) is 5.69 Å². The van der Waals surface area contributed by atoms with E-state index in [2.05, 4.69) is 14.9 Å². The number of pyridine rings is 1. The van der Waals surface area contributed by atoms with Crippen molar-refractivity contribution in [3.8, 4) is 0 Å². The number of rotatable bonds is 4. The number of aliphatic imine (C=N–C) groups is 1. The molecule has 0 spiro atoms. The zero-order chi connectivity index (χ0) is 15.4. The molecule has 0 amide bonds. The fraction of sp³-hybridized carbons (Fsp3) is 0.200. The highest BCUT2D eigenvalue weighted by Gasteiger charge is 2.19. The molecular formula is C15H14N4O2S. The summed E-state index contributed by atoms with van der Waals surface area (Å²) in [5, 5.41) is 11.6. The molecule has 1 saturated heterocycles. The van der Waals surface area contributed by atoms with Crippen molar-refractivity contribution in [1.82, 2.24) is 9.88 Å². The third-order valence-corrected chi connectivity index (χ3v) is 4.24. The zero-order valence-corrected chi connectivity index (χ0v) is 12.6. The van der Waals surface area contributed by atoms with Gasteiger partial charge in [0.2, 0.25) is 0 Å². The number of nitrogens with zero attached hydrogens (tertiary/aromatic N) is 4. The second-order valence-corrected chi connectivity index (χ2v) is 5.86. The highest BCUT2D eigenvalue weighted by molar-refractivity contribution is 8.14. The Balaban J connectivity index is 1.76. The molecule has 1 aromatic heterocycles. The van der Waals surface area contributed by atoms with Crippen LogP contribution in [0.3, 0.4) is 0 Å². The Morgan fingerprint density at radius 2 is 2.14 bits per heavy atom. The molecule has 7 heteroatoms. The Morgan fingerprint density at radius 1 is 1.32 bits per heavy atom. The lowest BCUT2D eigenvalue weighted by molar-refractivity contribution is -0.384. The minimum atomic E-state index is -0.407. The van der Waals surface area contributed by atoms with Crippen LogP contribution in [0.2, 0.25) is 0 Å². The molecule has 112 valence electrons. The Hall–Kier alpha value is -2.41. The van der Waals surface area contributed by atoms with E-state index in [1.807, 2.05) is 18.3 Å². The van der Waals surface area contributed by atoms with Gasteiger partial charge in [-0.25, -0.2) is 4.99 Å². The summed E-state index contributed by atoms with van der Waals surface area (Å²) < 4.78 is 0. The van der Waals surface area contributed by atoms with E-state index < -0.39 is 4.92 Å². The van der Waals surface area contributed by atoms with Crippen molar-refractivity contribution in [2.75, 3.05) is 12.3 Å². The topological polar surface area (TPSA) is 71.6 Å². The SMILES string of the molecule is O=[N+]([O-])c1ccc(N=C2SCCN2Cc2cccnc2)cc1. The average Bonchev–Trinajstić information content (AvgIpc) is 2.96. The third kappa shape index (κ3) is 3.43. The fourth-order valence-corrected chi connectivity index (χ4v) is 3.16. The van der Waals surface area contributed by atoms with Crippen LogP contribution >= 0.6 is 11.8 Å². The standard InChI is InChI=1S/C15H14N4O2S/c20-19(21)14-5-3-13(4-6-14)17-15-18(8-9-22-15)11-12-2-1-7-16-10-12/h1-7,10H,8-9,11H2. The first kappa shape index (κ1) is 14.5. The molecule has 0 saturated carbocycles. The molecule has 0 bridgehead atoms. The van der Waals surface area contributed by atoms with Gasteiger partial charge >= 0.3 is 0 Å². The van der Waals surface area contributed by atoms with Gasteiger partial charge in [0.25, 0.3) is 5.69 Å². The number of nitro groups is 1. The lowest BCUT2D eigenvalue weighted by Gasteiger charge is -2.17. The summed E-state index contributed by atoms with van der Waals surface area (Å²) >= 11 is 1.70. The Kier molecular flexibility index (Phi) is 4.34. The number of thioether (sulfide) groups is 1. The number of hydrogen-bond donors (Lipinski definition) is 0. The molecule has 1 aliphatic rings. The lowest BCUT2D eigenvalue weighted by atomic mass is 10.3. The first-order valence-electron chi connectivity index (χ1n) is 6.82. The number of non-ortho nitro benzene ring substituents is 1. The predicted molar refractivity (Wildman–Crippen MR) is 87.3 cm³/mol. The molecule has 0 atom stereocenters. The molecule has 22 heavy (non-hydrogen) atoms. The van der Waals surface area contributed by atoms with Gasteiger partial charge in [-0.1, -0.05) is 17.8 Å². The number of aromatic nitrogens is 1. The maximum atomic E-state index is 10.7. The second-order valence-electron chi connectivity index (χ2n) is 4.80. The Bertz CT molecular complexity index is 688. The monoisotopic (exact) mass is 314 g/mol. The third-order valence-electron chi connectivity index (χ3n) is 3.24. The molecular weight excluding hydrogens is 300 g/mol. The summed E-state index contributed by atoms with van der Waals surface area (Å²) in [7, 11) is 0. The van der Waals surface area contributed by atoms with Crippen LogP contribution in [0.15, 0.2) is 53.8 Å². The molecule has 0 radical (unpaired) electrons. The van der Waals surface area contributed by atoms with Crippen molar-refractivity contribution < 1.29 is 4.92 Å². The molecule has 1 aromatic carbocycles. The highest BCUT2D eigenvalue weighted by Crippen LogP contribution is 2.25. The quantitative estimate of drug-likeness (QED) is 0.640. The lowest BCUT2D eigenvalue weighted by Crippen LogP contribution is -2.23. The Morgan fingerprint density at radius 3 is 2.82 bits per heavy atom. The van der Waals surface area contributed by atoms with Crippen LogP contribution in [0, 0.1) is 10.1 Å². The van der Waals surface area contributed by atoms with E-state index in [0.717, 1.165) is 35.3 Å². The van der Waals surface area contributed by atoms with E-state index in [1.165, 1.54) is 12.1 Å². The van der Waals surface area contributed by atoms with Gasteiger partial charge < -0.3 is 4.90 Å². The molecule has 6 nitrogen and oxygen atoms in total. The number of hydrogen-bond acceptors (Lipinski definition) is 5. The fourth-order valence-electron chi connectivity index (χ4n) is 2.16. The summed E-state index contributed by atoms with van der Waals surface area (Å²) in [6.45, 7) is 1.71. The molecule has 2 aromatic rings. The summed E-state index contributed by atoms with van der Waals surface area (Å²) in [5.41, 5.74) is 1.95. The van der Waals surface area contributed by atoms with Gasteiger partial charge in [-0.2, -0.15) is 0 Å². The van der Waals surface area contributed by atoms with Gasteiger partial charge in [-0.15, -0.1) is 0 Å².